The minimum absolute atomic E-state index is 0.120. The van der Waals surface area contributed by atoms with Crippen molar-refractivity contribution in [1.82, 2.24) is 5.48 Å². The van der Waals surface area contributed by atoms with Gasteiger partial charge in [0.1, 0.15) is 5.60 Å². The maximum absolute atomic E-state index is 13.1. The topological polar surface area (TPSA) is 117 Å². The number of rotatable bonds is 10. The van der Waals surface area contributed by atoms with Crippen molar-refractivity contribution in [2.45, 2.75) is 94.0 Å². The lowest BCUT2D eigenvalue weighted by molar-refractivity contribution is -0.168. The Kier molecular flexibility index (Phi) is 10.6. The number of hydrogen-bond donors (Lipinski definition) is 2. The first-order valence-electron chi connectivity index (χ1n) is 11.3. The van der Waals surface area contributed by atoms with E-state index in [0.29, 0.717) is 12.3 Å². The van der Waals surface area contributed by atoms with Crippen LogP contribution in [0.1, 0.15) is 72.1 Å². The molecule has 1 saturated heterocycles. The van der Waals surface area contributed by atoms with Gasteiger partial charge in [-0.25, -0.2) is 10.3 Å². The van der Waals surface area contributed by atoms with Crippen molar-refractivity contribution >= 4 is 41.4 Å². The van der Waals surface area contributed by atoms with Gasteiger partial charge in [0.15, 0.2) is 0 Å². The smallest absolute Gasteiger partial charge is 0.338 e. The molecular weight excluding hydrogens is 452 g/mol. The first-order chi connectivity index (χ1) is 15.1. The van der Waals surface area contributed by atoms with Gasteiger partial charge in [0.2, 0.25) is 5.54 Å². The predicted octanol–water partition coefficient (Wildman–Crippen LogP) is 3.17. The number of amides is 1. The van der Waals surface area contributed by atoms with Crippen LogP contribution in [0.15, 0.2) is 0 Å². The molecule has 3 N–H and O–H groups in total. The Hall–Kier alpha value is -0.970. The number of carbonyl (C=O) groups excluding carboxylic acids is 3. The third-order valence-corrected chi connectivity index (χ3v) is 8.93. The summed E-state index contributed by atoms with van der Waals surface area (Å²) in [5.74, 6) is 0.574. The van der Waals surface area contributed by atoms with E-state index in [9.17, 15) is 14.4 Å². The van der Waals surface area contributed by atoms with Gasteiger partial charge in [-0.1, -0.05) is 25.7 Å². The van der Waals surface area contributed by atoms with E-state index in [0.717, 1.165) is 56.5 Å². The lowest BCUT2D eigenvalue weighted by Gasteiger charge is -2.34. The first-order valence-corrected chi connectivity index (χ1v) is 13.4. The molecule has 0 bridgehead atoms. The van der Waals surface area contributed by atoms with Gasteiger partial charge < -0.3 is 15.2 Å². The van der Waals surface area contributed by atoms with Gasteiger partial charge in [0, 0.05) is 17.9 Å². The van der Waals surface area contributed by atoms with Crippen LogP contribution in [-0.4, -0.2) is 58.3 Å². The number of esters is 2. The standard InChI is InChI=1S/C22H38N2O6S2/c1-21(2,3)29-19(27)22(23,20-31-12-13-32-20)18(26)24-30-16-10-7-9-15(14-16)8-5-6-11-17(25)28-4/h15-16,20H,5-14,23H2,1-4H3,(H,24,26)/t15-,16-,22+/m0/s1. The van der Waals surface area contributed by atoms with Crippen LogP contribution < -0.4 is 11.2 Å². The van der Waals surface area contributed by atoms with Crippen LogP contribution >= 0.6 is 23.5 Å². The Morgan fingerprint density at radius 2 is 1.78 bits per heavy atom. The van der Waals surface area contributed by atoms with Crippen molar-refractivity contribution in [3.63, 3.8) is 0 Å². The summed E-state index contributed by atoms with van der Waals surface area (Å²) in [7, 11) is 1.41. The molecule has 1 aliphatic carbocycles. The van der Waals surface area contributed by atoms with E-state index in [1.165, 1.54) is 30.6 Å². The maximum atomic E-state index is 13.1. The van der Waals surface area contributed by atoms with Crippen molar-refractivity contribution in [2.24, 2.45) is 11.7 Å². The zero-order valence-electron chi connectivity index (χ0n) is 19.6. The van der Waals surface area contributed by atoms with Gasteiger partial charge in [0.25, 0.3) is 5.91 Å². The molecule has 2 fully saturated rings. The van der Waals surface area contributed by atoms with Crippen molar-refractivity contribution in [2.75, 3.05) is 18.6 Å². The van der Waals surface area contributed by atoms with Gasteiger partial charge >= 0.3 is 11.9 Å². The maximum Gasteiger partial charge on any atom is 0.338 e. The Balaban J connectivity index is 1.88. The summed E-state index contributed by atoms with van der Waals surface area (Å²) >= 11 is 2.99. The molecule has 0 aromatic heterocycles. The summed E-state index contributed by atoms with van der Waals surface area (Å²) in [4.78, 5) is 43.0. The summed E-state index contributed by atoms with van der Waals surface area (Å²) < 4.78 is 9.74. The number of thioether (sulfide) groups is 2. The van der Waals surface area contributed by atoms with Crippen LogP contribution in [0.4, 0.5) is 0 Å². The fourth-order valence-corrected chi connectivity index (χ4v) is 7.01. The average molecular weight is 491 g/mol. The molecule has 10 heteroatoms. The number of methoxy groups -OCH3 is 1. The molecule has 0 radical (unpaired) electrons. The molecule has 32 heavy (non-hydrogen) atoms. The van der Waals surface area contributed by atoms with Crippen LogP contribution in [0.25, 0.3) is 0 Å². The SMILES string of the molecule is COC(=O)CCCC[C@H]1CCC[C@H](ONC(=O)[C@@](N)(C(=O)OC(C)(C)C)C2SCCS2)C1. The van der Waals surface area contributed by atoms with E-state index in [-0.39, 0.29) is 12.1 Å². The van der Waals surface area contributed by atoms with Crippen LogP contribution in [0.3, 0.4) is 0 Å². The first kappa shape index (κ1) is 27.3. The number of unbranched alkanes of at least 4 members (excludes halogenated alkanes) is 1. The molecule has 1 aliphatic heterocycles. The summed E-state index contributed by atoms with van der Waals surface area (Å²) in [5.41, 5.74) is 6.34. The van der Waals surface area contributed by atoms with E-state index in [2.05, 4.69) is 10.2 Å². The highest BCUT2D eigenvalue weighted by Crippen LogP contribution is 2.40. The fourth-order valence-electron chi connectivity index (χ4n) is 3.92. The summed E-state index contributed by atoms with van der Waals surface area (Å²) in [5, 5.41) is 0. The molecule has 0 aromatic carbocycles. The molecule has 0 spiro atoms. The van der Waals surface area contributed by atoms with Gasteiger partial charge in [-0.05, 0) is 46.0 Å². The third kappa shape index (κ3) is 8.11. The van der Waals surface area contributed by atoms with E-state index < -0.39 is 27.6 Å². The predicted molar refractivity (Wildman–Crippen MR) is 127 cm³/mol. The monoisotopic (exact) mass is 490 g/mol. The van der Waals surface area contributed by atoms with E-state index in [1.54, 1.807) is 20.8 Å². The van der Waals surface area contributed by atoms with Crippen LogP contribution in [0.5, 0.6) is 0 Å². The van der Waals surface area contributed by atoms with E-state index in [4.69, 9.17) is 15.3 Å². The lowest BCUT2D eigenvalue weighted by Crippen LogP contribution is -2.66. The van der Waals surface area contributed by atoms with Gasteiger partial charge in [-0.15, -0.1) is 23.5 Å². The number of hydroxylamine groups is 1. The minimum atomic E-state index is -1.82. The van der Waals surface area contributed by atoms with Crippen LogP contribution in [0, 0.1) is 5.92 Å². The Morgan fingerprint density at radius 1 is 1.09 bits per heavy atom. The fraction of sp³-hybridized carbons (Fsp3) is 0.864. The van der Waals surface area contributed by atoms with Gasteiger partial charge in [-0.3, -0.25) is 14.4 Å². The second-order valence-corrected chi connectivity index (χ2v) is 12.2. The second kappa shape index (κ2) is 12.5. The van der Waals surface area contributed by atoms with Crippen molar-refractivity contribution in [3.8, 4) is 0 Å². The molecule has 1 saturated carbocycles. The van der Waals surface area contributed by atoms with E-state index >= 15 is 0 Å². The number of nitrogens with two attached hydrogens (primary N) is 1. The Labute approximate surface area is 199 Å². The molecule has 2 rings (SSSR count). The minimum Gasteiger partial charge on any atom is -0.469 e. The number of hydrogen-bond acceptors (Lipinski definition) is 9. The quantitative estimate of drug-likeness (QED) is 0.206. The zero-order chi connectivity index (χ0) is 23.8. The summed E-state index contributed by atoms with van der Waals surface area (Å²) in [6.07, 6.45) is 6.90. The molecule has 2 aliphatic rings. The second-order valence-electron chi connectivity index (χ2n) is 9.47. The third-order valence-electron chi connectivity index (χ3n) is 5.63. The zero-order valence-corrected chi connectivity index (χ0v) is 21.3. The molecule has 0 unspecified atom stereocenters. The highest BCUT2D eigenvalue weighted by molar-refractivity contribution is 8.20. The average Bonchev–Trinajstić information content (AvgIpc) is 3.28. The van der Waals surface area contributed by atoms with Gasteiger partial charge in [-0.2, -0.15) is 0 Å². The number of carbonyl (C=O) groups is 3. The normalized spacial score (nSPS) is 23.9. The molecule has 1 amide bonds. The highest BCUT2D eigenvalue weighted by Gasteiger charge is 2.53. The molecule has 184 valence electrons. The molecule has 3 atom stereocenters. The van der Waals surface area contributed by atoms with Gasteiger partial charge in [0.05, 0.1) is 17.8 Å². The molecule has 0 aromatic rings. The molecular formula is C22H38N2O6S2. The lowest BCUT2D eigenvalue weighted by atomic mass is 9.84. The van der Waals surface area contributed by atoms with Crippen LogP contribution in [-0.2, 0) is 28.7 Å². The molecule has 8 nitrogen and oxygen atoms in total. The Morgan fingerprint density at radius 3 is 2.41 bits per heavy atom. The summed E-state index contributed by atoms with van der Waals surface area (Å²) in [6.45, 7) is 5.26. The number of ether oxygens (including phenoxy) is 2. The highest BCUT2D eigenvalue weighted by atomic mass is 32.2. The summed E-state index contributed by atoms with van der Waals surface area (Å²) in [6, 6.07) is 0. The largest absolute Gasteiger partial charge is 0.469 e. The molecule has 1 heterocycles. The van der Waals surface area contributed by atoms with Crippen molar-refractivity contribution in [3.05, 3.63) is 0 Å². The van der Waals surface area contributed by atoms with Crippen molar-refractivity contribution < 1.29 is 28.7 Å². The van der Waals surface area contributed by atoms with E-state index in [1.807, 2.05) is 0 Å². The van der Waals surface area contributed by atoms with Crippen molar-refractivity contribution in [1.29, 1.82) is 0 Å². The van der Waals surface area contributed by atoms with Crippen LogP contribution in [0.2, 0.25) is 0 Å². The Bertz CT molecular complexity index is 651. The number of nitrogens with one attached hydrogen (secondary N) is 1.